The Hall–Kier alpha value is -2.60. The molecule has 134 valence electrons. The summed E-state index contributed by atoms with van der Waals surface area (Å²) in [6.45, 7) is 3.26. The first-order valence-electron chi connectivity index (χ1n) is 8.61. The van der Waals surface area contributed by atoms with E-state index in [9.17, 15) is 4.79 Å². The zero-order valence-electron chi connectivity index (χ0n) is 14.4. The van der Waals surface area contributed by atoms with Gasteiger partial charge in [-0.1, -0.05) is 11.6 Å². The van der Waals surface area contributed by atoms with Crippen molar-refractivity contribution in [3.05, 3.63) is 52.8 Å². The average molecular weight is 371 g/mol. The standard InChI is InChI=1S/C19H19ClN4O2/c1-12-8-18(21-11-16(12)20)26-15-4-6-24(7-5-15)19(25)13-2-3-17-14(9-13)10-22-23-17/h2-3,8-11,15H,4-7H2,1H3,(H,22,23). The Morgan fingerprint density at radius 3 is 2.85 bits per heavy atom. The predicted molar refractivity (Wildman–Crippen MR) is 99.6 cm³/mol. The minimum Gasteiger partial charge on any atom is -0.474 e. The molecule has 0 saturated carbocycles. The third-order valence-corrected chi connectivity index (χ3v) is 5.12. The molecule has 3 aromatic rings. The minimum absolute atomic E-state index is 0.0482. The van der Waals surface area contributed by atoms with Gasteiger partial charge in [0.2, 0.25) is 5.88 Å². The van der Waals surface area contributed by atoms with Crippen LogP contribution in [0, 0.1) is 6.92 Å². The molecule has 2 aromatic heterocycles. The van der Waals surface area contributed by atoms with Crippen molar-refractivity contribution in [2.24, 2.45) is 0 Å². The quantitative estimate of drug-likeness (QED) is 0.764. The Morgan fingerprint density at radius 1 is 1.27 bits per heavy atom. The number of aromatic nitrogens is 3. The number of pyridine rings is 1. The fourth-order valence-electron chi connectivity index (χ4n) is 3.18. The third kappa shape index (κ3) is 3.37. The van der Waals surface area contributed by atoms with Crippen LogP contribution >= 0.6 is 11.6 Å². The van der Waals surface area contributed by atoms with E-state index in [0.29, 0.717) is 29.6 Å². The summed E-state index contributed by atoms with van der Waals surface area (Å²) in [7, 11) is 0. The number of hydrogen-bond donors (Lipinski definition) is 1. The fraction of sp³-hybridized carbons (Fsp3) is 0.316. The topological polar surface area (TPSA) is 71.1 Å². The second-order valence-electron chi connectivity index (χ2n) is 6.55. The maximum atomic E-state index is 12.7. The molecule has 1 amide bonds. The molecule has 1 fully saturated rings. The molecule has 7 heteroatoms. The molecule has 0 aliphatic carbocycles. The van der Waals surface area contributed by atoms with Gasteiger partial charge >= 0.3 is 0 Å². The number of piperidine rings is 1. The van der Waals surface area contributed by atoms with Crippen molar-refractivity contribution >= 4 is 28.4 Å². The summed E-state index contributed by atoms with van der Waals surface area (Å²) in [5.74, 6) is 0.633. The number of halogens is 1. The number of nitrogens with one attached hydrogen (secondary N) is 1. The lowest BCUT2D eigenvalue weighted by Crippen LogP contribution is -2.41. The number of aryl methyl sites for hydroxylation is 1. The first-order chi connectivity index (χ1) is 12.6. The van der Waals surface area contributed by atoms with Crippen molar-refractivity contribution in [3.63, 3.8) is 0 Å². The number of carbonyl (C=O) groups excluding carboxylic acids is 1. The summed E-state index contributed by atoms with van der Waals surface area (Å²) < 4.78 is 5.95. The molecule has 0 radical (unpaired) electrons. The first kappa shape index (κ1) is 16.8. The van der Waals surface area contributed by atoms with E-state index in [2.05, 4.69) is 15.2 Å². The number of fused-ring (bicyclic) bond motifs is 1. The molecule has 0 bridgehead atoms. The van der Waals surface area contributed by atoms with Crippen molar-refractivity contribution in [1.29, 1.82) is 0 Å². The Morgan fingerprint density at radius 2 is 2.08 bits per heavy atom. The van der Waals surface area contributed by atoms with E-state index < -0.39 is 0 Å². The minimum atomic E-state index is 0.0482. The normalized spacial score (nSPS) is 15.4. The van der Waals surface area contributed by atoms with Crippen molar-refractivity contribution in [2.75, 3.05) is 13.1 Å². The number of likely N-dealkylation sites (tertiary alicyclic amines) is 1. The lowest BCUT2D eigenvalue weighted by molar-refractivity contribution is 0.0588. The second kappa shape index (κ2) is 6.96. The van der Waals surface area contributed by atoms with Gasteiger partial charge in [0.15, 0.2) is 0 Å². The maximum absolute atomic E-state index is 12.7. The van der Waals surface area contributed by atoms with Gasteiger partial charge in [0.1, 0.15) is 6.10 Å². The first-order valence-corrected chi connectivity index (χ1v) is 8.99. The van der Waals surface area contributed by atoms with Crippen LogP contribution in [0.3, 0.4) is 0 Å². The summed E-state index contributed by atoms with van der Waals surface area (Å²) in [5.41, 5.74) is 2.56. The number of nitrogens with zero attached hydrogens (tertiary/aromatic N) is 3. The van der Waals surface area contributed by atoms with Gasteiger partial charge in [0, 0.05) is 49.1 Å². The Bertz CT molecular complexity index is 948. The van der Waals surface area contributed by atoms with Crippen LogP contribution in [-0.2, 0) is 0 Å². The van der Waals surface area contributed by atoms with Crippen molar-refractivity contribution in [3.8, 4) is 5.88 Å². The van der Waals surface area contributed by atoms with Gasteiger partial charge in [-0.15, -0.1) is 0 Å². The summed E-state index contributed by atoms with van der Waals surface area (Å²) >= 11 is 6.00. The molecule has 1 aliphatic rings. The molecule has 26 heavy (non-hydrogen) atoms. The van der Waals surface area contributed by atoms with Crippen LogP contribution in [0.15, 0.2) is 36.7 Å². The highest BCUT2D eigenvalue weighted by molar-refractivity contribution is 6.31. The molecule has 1 N–H and O–H groups in total. The van der Waals surface area contributed by atoms with Crippen molar-refractivity contribution in [1.82, 2.24) is 20.1 Å². The van der Waals surface area contributed by atoms with Gasteiger partial charge in [-0.05, 0) is 30.7 Å². The van der Waals surface area contributed by atoms with E-state index in [1.807, 2.05) is 36.1 Å². The molecular formula is C19H19ClN4O2. The second-order valence-corrected chi connectivity index (χ2v) is 6.96. The van der Waals surface area contributed by atoms with E-state index in [1.54, 1.807) is 12.4 Å². The number of ether oxygens (including phenoxy) is 1. The largest absolute Gasteiger partial charge is 0.474 e. The molecule has 1 aromatic carbocycles. The van der Waals surface area contributed by atoms with E-state index in [0.717, 1.165) is 29.3 Å². The number of aromatic amines is 1. The van der Waals surface area contributed by atoms with Crippen LogP contribution in [0.25, 0.3) is 10.9 Å². The number of amides is 1. The van der Waals surface area contributed by atoms with Gasteiger partial charge in [-0.25, -0.2) is 4.98 Å². The molecule has 0 spiro atoms. The van der Waals surface area contributed by atoms with Gasteiger partial charge in [-0.3, -0.25) is 9.89 Å². The fourth-order valence-corrected chi connectivity index (χ4v) is 3.29. The van der Waals surface area contributed by atoms with Crippen molar-refractivity contribution in [2.45, 2.75) is 25.9 Å². The molecule has 4 rings (SSSR count). The Balaban J connectivity index is 1.38. The molecule has 6 nitrogen and oxygen atoms in total. The number of carbonyl (C=O) groups is 1. The van der Waals surface area contributed by atoms with Crippen LogP contribution in [0.5, 0.6) is 5.88 Å². The number of H-pyrrole nitrogens is 1. The lowest BCUT2D eigenvalue weighted by atomic mass is 10.1. The Labute approximate surface area is 156 Å². The molecule has 1 saturated heterocycles. The van der Waals surface area contributed by atoms with Crippen LogP contribution < -0.4 is 4.74 Å². The van der Waals surface area contributed by atoms with Crippen molar-refractivity contribution < 1.29 is 9.53 Å². The third-order valence-electron chi connectivity index (χ3n) is 4.73. The predicted octanol–water partition coefficient (Wildman–Crippen LogP) is 3.60. The number of rotatable bonds is 3. The Kier molecular flexibility index (Phi) is 4.51. The maximum Gasteiger partial charge on any atom is 0.253 e. The molecule has 3 heterocycles. The van der Waals surface area contributed by atoms with Crippen LogP contribution in [-0.4, -0.2) is 45.2 Å². The number of hydrogen-bond acceptors (Lipinski definition) is 4. The van der Waals surface area contributed by atoms with Gasteiger partial charge < -0.3 is 9.64 Å². The SMILES string of the molecule is Cc1cc(OC2CCN(C(=O)c3ccc4[nH]ncc4c3)CC2)ncc1Cl. The zero-order chi connectivity index (χ0) is 18.1. The summed E-state index contributed by atoms with van der Waals surface area (Å²) in [4.78, 5) is 18.8. The zero-order valence-corrected chi connectivity index (χ0v) is 15.2. The summed E-state index contributed by atoms with van der Waals surface area (Å²) in [6, 6.07) is 7.45. The van der Waals surface area contributed by atoms with Crippen LogP contribution in [0.2, 0.25) is 5.02 Å². The van der Waals surface area contributed by atoms with Crippen LogP contribution in [0.1, 0.15) is 28.8 Å². The average Bonchev–Trinajstić information content (AvgIpc) is 3.12. The lowest BCUT2D eigenvalue weighted by Gasteiger charge is -2.32. The van der Waals surface area contributed by atoms with Crippen LogP contribution in [0.4, 0.5) is 0 Å². The summed E-state index contributed by atoms with van der Waals surface area (Å²) in [6.07, 6.45) is 4.96. The molecule has 1 aliphatic heterocycles. The van der Waals surface area contributed by atoms with Gasteiger partial charge in [0.05, 0.1) is 16.7 Å². The summed E-state index contributed by atoms with van der Waals surface area (Å²) in [5, 5.41) is 8.47. The number of benzene rings is 1. The van der Waals surface area contributed by atoms with E-state index in [-0.39, 0.29) is 12.0 Å². The highest BCUT2D eigenvalue weighted by atomic mass is 35.5. The molecule has 0 atom stereocenters. The highest BCUT2D eigenvalue weighted by Gasteiger charge is 2.25. The van der Waals surface area contributed by atoms with Gasteiger partial charge in [0.25, 0.3) is 5.91 Å². The highest BCUT2D eigenvalue weighted by Crippen LogP contribution is 2.23. The van der Waals surface area contributed by atoms with E-state index >= 15 is 0 Å². The molecular weight excluding hydrogens is 352 g/mol. The monoisotopic (exact) mass is 370 g/mol. The van der Waals surface area contributed by atoms with E-state index in [1.165, 1.54) is 0 Å². The van der Waals surface area contributed by atoms with Gasteiger partial charge in [-0.2, -0.15) is 5.10 Å². The van der Waals surface area contributed by atoms with E-state index in [4.69, 9.17) is 16.3 Å². The molecule has 0 unspecified atom stereocenters. The smallest absolute Gasteiger partial charge is 0.253 e.